The van der Waals surface area contributed by atoms with E-state index in [1.54, 1.807) is 43.5 Å². The summed E-state index contributed by atoms with van der Waals surface area (Å²) in [6, 6.07) is 16.4. The van der Waals surface area contributed by atoms with Crippen LogP contribution in [-0.4, -0.2) is 19.5 Å². The van der Waals surface area contributed by atoms with Gasteiger partial charge < -0.3 is 13.9 Å². The van der Waals surface area contributed by atoms with Gasteiger partial charge in [0.2, 0.25) is 11.2 Å². The number of ketones is 1. The molecule has 1 aromatic heterocycles. The number of rotatable bonds is 6. The van der Waals surface area contributed by atoms with Gasteiger partial charge in [0.05, 0.1) is 12.5 Å². The lowest BCUT2D eigenvalue weighted by Crippen LogP contribution is -2.17. The molecule has 0 N–H and O–H groups in total. The molecule has 0 aliphatic heterocycles. The summed E-state index contributed by atoms with van der Waals surface area (Å²) in [5.74, 6) is 0.782. The third kappa shape index (κ3) is 4.40. The molecule has 0 saturated heterocycles. The Labute approximate surface area is 192 Å². The first-order valence-electron chi connectivity index (χ1n) is 10.7. The van der Waals surface area contributed by atoms with E-state index in [4.69, 9.17) is 13.9 Å². The summed E-state index contributed by atoms with van der Waals surface area (Å²) < 4.78 is 17.3. The van der Waals surface area contributed by atoms with Crippen LogP contribution in [0.4, 0.5) is 0 Å². The van der Waals surface area contributed by atoms with Crippen molar-refractivity contribution in [1.82, 2.24) is 0 Å². The molecule has 0 bridgehead atoms. The van der Waals surface area contributed by atoms with E-state index in [1.807, 2.05) is 45.9 Å². The zero-order valence-electron chi connectivity index (χ0n) is 19.4. The zero-order chi connectivity index (χ0) is 23.7. The quantitative estimate of drug-likeness (QED) is 0.345. The molecule has 33 heavy (non-hydrogen) atoms. The van der Waals surface area contributed by atoms with Crippen molar-refractivity contribution in [3.05, 3.63) is 92.6 Å². The summed E-state index contributed by atoms with van der Waals surface area (Å²) in [5.41, 5.74) is 5.33. The number of hydrogen-bond donors (Lipinski definition) is 0. The van der Waals surface area contributed by atoms with E-state index >= 15 is 0 Å². The second-order valence-corrected chi connectivity index (χ2v) is 8.29. The van der Waals surface area contributed by atoms with E-state index in [-0.39, 0.29) is 29.3 Å². The van der Waals surface area contributed by atoms with Crippen LogP contribution in [0.2, 0.25) is 0 Å². The van der Waals surface area contributed by atoms with Crippen LogP contribution in [0.15, 0.2) is 63.8 Å². The van der Waals surface area contributed by atoms with Gasteiger partial charge >= 0.3 is 0 Å². The van der Waals surface area contributed by atoms with Crippen molar-refractivity contribution in [3.8, 4) is 22.8 Å². The molecule has 5 nitrogen and oxygen atoms in total. The number of methoxy groups -OCH3 is 1. The van der Waals surface area contributed by atoms with Gasteiger partial charge in [-0.25, -0.2) is 0 Å². The van der Waals surface area contributed by atoms with Crippen molar-refractivity contribution in [3.63, 3.8) is 0 Å². The molecule has 0 aliphatic rings. The first-order chi connectivity index (χ1) is 15.8. The molecule has 4 aromatic rings. The molecular weight excluding hydrogens is 416 g/mol. The van der Waals surface area contributed by atoms with Crippen LogP contribution < -0.4 is 14.9 Å². The fourth-order valence-electron chi connectivity index (χ4n) is 3.83. The van der Waals surface area contributed by atoms with E-state index < -0.39 is 0 Å². The monoisotopic (exact) mass is 442 g/mol. The Morgan fingerprint density at radius 2 is 1.61 bits per heavy atom. The van der Waals surface area contributed by atoms with Crippen molar-refractivity contribution in [2.45, 2.75) is 27.7 Å². The van der Waals surface area contributed by atoms with Crippen molar-refractivity contribution in [2.24, 2.45) is 0 Å². The topological polar surface area (TPSA) is 65.7 Å². The lowest BCUT2D eigenvalue weighted by molar-refractivity contribution is 0.0920. The second-order valence-electron chi connectivity index (χ2n) is 8.29. The van der Waals surface area contributed by atoms with Gasteiger partial charge in [-0.05, 0) is 86.3 Å². The highest BCUT2D eigenvalue weighted by Gasteiger charge is 2.20. The predicted octanol–water partition coefficient (Wildman–Crippen LogP) is 5.96. The molecule has 0 spiro atoms. The number of aryl methyl sites for hydroxylation is 4. The maximum Gasteiger partial charge on any atom is 0.235 e. The van der Waals surface area contributed by atoms with E-state index in [9.17, 15) is 9.59 Å². The van der Waals surface area contributed by atoms with Gasteiger partial charge in [0.15, 0.2) is 18.2 Å². The maximum atomic E-state index is 13.5. The molecular formula is C28H26O5. The Kier molecular flexibility index (Phi) is 6.05. The molecule has 0 unspecified atom stereocenters. The van der Waals surface area contributed by atoms with Crippen molar-refractivity contribution in [2.75, 3.05) is 13.7 Å². The minimum Gasteiger partial charge on any atom is -0.497 e. The predicted molar refractivity (Wildman–Crippen MR) is 130 cm³/mol. The summed E-state index contributed by atoms with van der Waals surface area (Å²) >= 11 is 0. The van der Waals surface area contributed by atoms with Crippen LogP contribution >= 0.6 is 0 Å². The molecule has 0 amide bonds. The fourth-order valence-corrected chi connectivity index (χ4v) is 3.83. The van der Waals surface area contributed by atoms with Gasteiger partial charge in [-0.2, -0.15) is 0 Å². The number of hydrogen-bond acceptors (Lipinski definition) is 5. The van der Waals surface area contributed by atoms with Crippen LogP contribution in [-0.2, 0) is 0 Å². The van der Waals surface area contributed by atoms with Crippen LogP contribution in [0, 0.1) is 27.7 Å². The number of benzene rings is 3. The summed E-state index contributed by atoms with van der Waals surface area (Å²) in [6.07, 6.45) is 0. The molecule has 0 saturated carbocycles. The Bertz CT molecular complexity index is 1410. The summed E-state index contributed by atoms with van der Waals surface area (Å²) in [7, 11) is 1.59. The smallest absolute Gasteiger partial charge is 0.235 e. The number of carbonyl (C=O) groups is 1. The third-order valence-electron chi connectivity index (χ3n) is 5.81. The van der Waals surface area contributed by atoms with E-state index in [2.05, 4.69) is 0 Å². The van der Waals surface area contributed by atoms with Crippen molar-refractivity contribution in [1.29, 1.82) is 0 Å². The molecule has 0 aliphatic carbocycles. The van der Waals surface area contributed by atoms with Gasteiger partial charge in [-0.3, -0.25) is 9.59 Å². The van der Waals surface area contributed by atoms with Crippen LogP contribution in [0.3, 0.4) is 0 Å². The van der Waals surface area contributed by atoms with E-state index in [0.29, 0.717) is 27.8 Å². The Hall–Kier alpha value is -3.86. The molecule has 4 rings (SSSR count). The zero-order valence-corrected chi connectivity index (χ0v) is 19.4. The summed E-state index contributed by atoms with van der Waals surface area (Å²) in [4.78, 5) is 26.3. The molecule has 0 atom stereocenters. The molecule has 0 radical (unpaired) electrons. The average molecular weight is 443 g/mol. The summed E-state index contributed by atoms with van der Waals surface area (Å²) in [6.45, 7) is 7.50. The highest BCUT2D eigenvalue weighted by molar-refractivity contribution is 5.97. The highest BCUT2D eigenvalue weighted by Crippen LogP contribution is 2.33. The van der Waals surface area contributed by atoms with Gasteiger partial charge in [0.25, 0.3) is 0 Å². The Balaban J connectivity index is 1.80. The maximum absolute atomic E-state index is 13.5. The summed E-state index contributed by atoms with van der Waals surface area (Å²) in [5, 5.41) is 0.429. The van der Waals surface area contributed by atoms with E-state index in [1.165, 1.54) is 0 Å². The van der Waals surface area contributed by atoms with E-state index in [0.717, 1.165) is 22.3 Å². The first-order valence-corrected chi connectivity index (χ1v) is 10.7. The number of fused-ring (bicyclic) bond motifs is 1. The van der Waals surface area contributed by atoms with Crippen molar-refractivity contribution >= 4 is 16.8 Å². The molecule has 1 heterocycles. The SMILES string of the molecule is COc1ccc(-c2oc3c(C)cc(C)cc3c(=O)c2OCC(=O)c2ccc(C)c(C)c2)cc1. The number of carbonyl (C=O) groups excluding carboxylic acids is 1. The lowest BCUT2D eigenvalue weighted by atomic mass is 10.0. The third-order valence-corrected chi connectivity index (χ3v) is 5.81. The standard InChI is InChI=1S/C28H26O5/c1-16-12-19(4)26-23(13-16)25(30)28(27(33-26)20-8-10-22(31-5)11-9-20)32-15-24(29)21-7-6-17(2)18(3)14-21/h6-14H,15H2,1-5H3. The van der Waals surface area contributed by atoms with Gasteiger partial charge in [0, 0.05) is 11.1 Å². The van der Waals surface area contributed by atoms with Gasteiger partial charge in [-0.1, -0.05) is 18.2 Å². The molecule has 5 heteroatoms. The largest absolute Gasteiger partial charge is 0.497 e. The van der Waals surface area contributed by atoms with Gasteiger partial charge in [0.1, 0.15) is 11.3 Å². The second kappa shape index (κ2) is 8.94. The molecule has 168 valence electrons. The normalized spacial score (nSPS) is 10.9. The molecule has 0 fully saturated rings. The Morgan fingerprint density at radius 1 is 0.879 bits per heavy atom. The van der Waals surface area contributed by atoms with Crippen molar-refractivity contribution < 1.29 is 18.7 Å². The van der Waals surface area contributed by atoms with Crippen LogP contribution in [0.5, 0.6) is 11.5 Å². The fraction of sp³-hybridized carbons (Fsp3) is 0.214. The minimum absolute atomic E-state index is 0.0230. The average Bonchev–Trinajstić information content (AvgIpc) is 2.80. The Morgan fingerprint density at radius 3 is 2.27 bits per heavy atom. The minimum atomic E-state index is -0.304. The highest BCUT2D eigenvalue weighted by atomic mass is 16.5. The molecule has 3 aromatic carbocycles. The van der Waals surface area contributed by atoms with Crippen LogP contribution in [0.25, 0.3) is 22.3 Å². The van der Waals surface area contributed by atoms with Gasteiger partial charge in [-0.15, -0.1) is 0 Å². The lowest BCUT2D eigenvalue weighted by Gasteiger charge is -2.13. The van der Waals surface area contributed by atoms with Crippen LogP contribution in [0.1, 0.15) is 32.6 Å². The first kappa shape index (κ1) is 22.3. The number of ether oxygens (including phenoxy) is 2. The number of Topliss-reactive ketones (excluding diaryl/α,β-unsaturated/α-hetero) is 1.